The Bertz CT molecular complexity index is 835. The molecule has 2 amide bonds. The van der Waals surface area contributed by atoms with Crippen molar-refractivity contribution in [3.8, 4) is 11.1 Å². The predicted octanol–water partition coefficient (Wildman–Crippen LogP) is 2.62. The lowest BCUT2D eigenvalue weighted by Crippen LogP contribution is -2.56. The van der Waals surface area contributed by atoms with Gasteiger partial charge < -0.3 is 10.2 Å². The Morgan fingerprint density at radius 2 is 1.66 bits per heavy atom. The van der Waals surface area contributed by atoms with Crippen LogP contribution in [0.2, 0.25) is 0 Å². The Hall–Kier alpha value is -2.31. The third-order valence-corrected chi connectivity index (χ3v) is 6.56. The first-order valence-electron chi connectivity index (χ1n) is 10.2. The zero-order valence-electron chi connectivity index (χ0n) is 16.5. The Labute approximate surface area is 176 Å². The molecule has 5 nitrogen and oxygen atoms in total. The van der Waals surface area contributed by atoms with Gasteiger partial charge in [-0.1, -0.05) is 54.6 Å². The third kappa shape index (κ3) is 5.00. The quantitative estimate of drug-likeness (QED) is 0.825. The van der Waals surface area contributed by atoms with Crippen LogP contribution in [0, 0.1) is 0 Å². The van der Waals surface area contributed by atoms with Gasteiger partial charge >= 0.3 is 0 Å². The molecule has 2 aliphatic rings. The van der Waals surface area contributed by atoms with Crippen LogP contribution in [0.15, 0.2) is 54.6 Å². The Balaban J connectivity index is 1.43. The fourth-order valence-corrected chi connectivity index (χ4v) is 4.85. The van der Waals surface area contributed by atoms with E-state index in [0.717, 1.165) is 36.7 Å². The molecule has 0 bridgehead atoms. The van der Waals surface area contributed by atoms with Crippen LogP contribution in [0.25, 0.3) is 11.1 Å². The van der Waals surface area contributed by atoms with E-state index in [1.54, 1.807) is 0 Å². The van der Waals surface area contributed by atoms with Gasteiger partial charge in [0.05, 0.1) is 12.5 Å². The molecule has 29 heavy (non-hydrogen) atoms. The maximum Gasteiger partial charge on any atom is 0.237 e. The minimum Gasteiger partial charge on any atom is -0.353 e. The molecular formula is C23H27N3O2S. The molecule has 1 N–H and O–H groups in total. The Kier molecular flexibility index (Phi) is 6.52. The molecule has 0 aromatic heterocycles. The highest BCUT2D eigenvalue weighted by Crippen LogP contribution is 2.21. The maximum absolute atomic E-state index is 12.7. The molecule has 0 spiro atoms. The van der Waals surface area contributed by atoms with E-state index in [9.17, 15) is 9.59 Å². The second-order valence-electron chi connectivity index (χ2n) is 7.54. The van der Waals surface area contributed by atoms with Crippen LogP contribution >= 0.6 is 11.8 Å². The van der Waals surface area contributed by atoms with Crippen LogP contribution in [0.1, 0.15) is 12.0 Å². The van der Waals surface area contributed by atoms with E-state index in [1.165, 1.54) is 11.1 Å². The van der Waals surface area contributed by atoms with Gasteiger partial charge in [0.1, 0.15) is 0 Å². The van der Waals surface area contributed by atoms with E-state index in [0.29, 0.717) is 13.1 Å². The van der Waals surface area contributed by atoms with Crippen molar-refractivity contribution in [1.29, 1.82) is 0 Å². The van der Waals surface area contributed by atoms with E-state index in [4.69, 9.17) is 0 Å². The molecule has 2 aromatic carbocycles. The average molecular weight is 410 g/mol. The van der Waals surface area contributed by atoms with Gasteiger partial charge in [-0.2, -0.15) is 11.8 Å². The topological polar surface area (TPSA) is 52.7 Å². The van der Waals surface area contributed by atoms with Crippen molar-refractivity contribution in [3.05, 3.63) is 60.2 Å². The molecular weight excluding hydrogens is 382 g/mol. The molecule has 152 valence electrons. The number of benzene rings is 2. The standard InChI is InChI=1S/C23H27N3O2S/c27-22(25-12-14-29-15-13-25)16-21-23(28)24-10-11-26(21)17-18-6-8-20(9-7-18)19-4-2-1-3-5-19/h1-9,21H,10-17H2,(H,24,28)/t21-/m1/s1. The lowest BCUT2D eigenvalue weighted by molar-refractivity contribution is -0.138. The van der Waals surface area contributed by atoms with Gasteiger partial charge in [-0.25, -0.2) is 0 Å². The first-order chi connectivity index (χ1) is 14.2. The normalized spacial score (nSPS) is 20.3. The van der Waals surface area contributed by atoms with Crippen LogP contribution in [-0.2, 0) is 16.1 Å². The Morgan fingerprint density at radius 1 is 0.966 bits per heavy atom. The molecule has 0 unspecified atom stereocenters. The Morgan fingerprint density at radius 3 is 2.38 bits per heavy atom. The molecule has 2 aromatic rings. The van der Waals surface area contributed by atoms with Gasteiger partial charge in [-0.05, 0) is 16.7 Å². The summed E-state index contributed by atoms with van der Waals surface area (Å²) in [5.74, 6) is 2.04. The number of nitrogens with one attached hydrogen (secondary N) is 1. The van der Waals surface area contributed by atoms with E-state index < -0.39 is 0 Å². The summed E-state index contributed by atoms with van der Waals surface area (Å²) in [6, 6.07) is 18.4. The van der Waals surface area contributed by atoms with E-state index in [1.807, 2.05) is 34.9 Å². The number of rotatable bonds is 5. The molecule has 2 fully saturated rings. The number of hydrogen-bond donors (Lipinski definition) is 1. The van der Waals surface area contributed by atoms with Crippen molar-refractivity contribution in [3.63, 3.8) is 0 Å². The molecule has 2 saturated heterocycles. The number of nitrogens with zero attached hydrogens (tertiary/aromatic N) is 2. The molecule has 0 radical (unpaired) electrons. The monoisotopic (exact) mass is 409 g/mol. The highest BCUT2D eigenvalue weighted by atomic mass is 32.2. The fourth-order valence-electron chi connectivity index (χ4n) is 3.95. The zero-order chi connectivity index (χ0) is 20.1. The number of thioether (sulfide) groups is 1. The number of carbonyl (C=O) groups is 2. The minimum absolute atomic E-state index is 0.0307. The van der Waals surface area contributed by atoms with Gasteiger partial charge in [0, 0.05) is 44.2 Å². The smallest absolute Gasteiger partial charge is 0.237 e. The van der Waals surface area contributed by atoms with Crippen molar-refractivity contribution < 1.29 is 9.59 Å². The van der Waals surface area contributed by atoms with Crippen molar-refractivity contribution in [2.75, 3.05) is 37.7 Å². The van der Waals surface area contributed by atoms with Gasteiger partial charge in [-0.3, -0.25) is 14.5 Å². The summed E-state index contributed by atoms with van der Waals surface area (Å²) >= 11 is 1.88. The van der Waals surface area contributed by atoms with Crippen LogP contribution in [0.3, 0.4) is 0 Å². The van der Waals surface area contributed by atoms with Crippen LogP contribution in [-0.4, -0.2) is 65.3 Å². The molecule has 2 heterocycles. The first-order valence-corrected chi connectivity index (χ1v) is 11.4. The molecule has 6 heteroatoms. The maximum atomic E-state index is 12.7. The van der Waals surface area contributed by atoms with E-state index in [-0.39, 0.29) is 24.3 Å². The summed E-state index contributed by atoms with van der Waals surface area (Å²) < 4.78 is 0. The lowest BCUT2D eigenvalue weighted by atomic mass is 10.0. The third-order valence-electron chi connectivity index (χ3n) is 5.62. The molecule has 1 atom stereocenters. The summed E-state index contributed by atoms with van der Waals surface area (Å²) in [5, 5.41) is 2.93. The summed E-state index contributed by atoms with van der Waals surface area (Å²) in [7, 11) is 0. The van der Waals surface area contributed by atoms with Crippen LogP contribution < -0.4 is 5.32 Å². The summed E-state index contributed by atoms with van der Waals surface area (Å²) in [6.45, 7) is 3.65. The van der Waals surface area contributed by atoms with E-state index in [2.05, 4.69) is 46.6 Å². The van der Waals surface area contributed by atoms with Crippen molar-refractivity contribution in [2.45, 2.75) is 19.0 Å². The predicted molar refractivity (Wildman–Crippen MR) is 118 cm³/mol. The van der Waals surface area contributed by atoms with Crippen molar-refractivity contribution in [2.24, 2.45) is 0 Å². The number of hydrogen-bond acceptors (Lipinski definition) is 4. The van der Waals surface area contributed by atoms with Gasteiger partial charge in [-0.15, -0.1) is 0 Å². The van der Waals surface area contributed by atoms with Gasteiger partial charge in [0.25, 0.3) is 0 Å². The second kappa shape index (κ2) is 9.46. The summed E-state index contributed by atoms with van der Waals surface area (Å²) in [6.07, 6.45) is 0.262. The van der Waals surface area contributed by atoms with Crippen LogP contribution in [0.4, 0.5) is 0 Å². The van der Waals surface area contributed by atoms with Crippen molar-refractivity contribution >= 4 is 23.6 Å². The highest BCUT2D eigenvalue weighted by molar-refractivity contribution is 7.99. The molecule has 0 saturated carbocycles. The minimum atomic E-state index is -0.389. The van der Waals surface area contributed by atoms with Crippen LogP contribution in [0.5, 0.6) is 0 Å². The summed E-state index contributed by atoms with van der Waals surface area (Å²) in [5.41, 5.74) is 3.53. The number of amides is 2. The van der Waals surface area contributed by atoms with Crippen molar-refractivity contribution in [1.82, 2.24) is 15.1 Å². The molecule has 2 aliphatic heterocycles. The van der Waals surface area contributed by atoms with Gasteiger partial charge in [0.2, 0.25) is 11.8 Å². The fraction of sp³-hybridized carbons (Fsp3) is 0.391. The zero-order valence-corrected chi connectivity index (χ0v) is 17.4. The molecule has 4 rings (SSSR count). The summed E-state index contributed by atoms with van der Waals surface area (Å²) in [4.78, 5) is 29.3. The largest absolute Gasteiger partial charge is 0.353 e. The van der Waals surface area contributed by atoms with E-state index >= 15 is 0 Å². The number of carbonyl (C=O) groups excluding carboxylic acids is 2. The second-order valence-corrected chi connectivity index (χ2v) is 8.76. The first kappa shape index (κ1) is 20.0. The highest BCUT2D eigenvalue weighted by Gasteiger charge is 2.33. The number of piperazine rings is 1. The lowest BCUT2D eigenvalue weighted by Gasteiger charge is -2.36. The average Bonchev–Trinajstić information content (AvgIpc) is 2.78. The SMILES string of the molecule is O=C1NCCN(Cc2ccc(-c3ccccc3)cc2)[C@@H]1CC(=O)N1CCSCC1. The molecule has 0 aliphatic carbocycles. The van der Waals surface area contributed by atoms with Gasteiger partial charge in [0.15, 0.2) is 0 Å².